The van der Waals surface area contributed by atoms with Crippen molar-refractivity contribution in [3.05, 3.63) is 0 Å². The third-order valence-corrected chi connectivity index (χ3v) is 1.84. The fraction of sp³-hybridized carbons (Fsp3) is 1.00. The minimum atomic E-state index is 0.916. The molecule has 0 spiro atoms. The fourth-order valence-electron chi connectivity index (χ4n) is 0.823. The molecular weight excluding hydrogens is 164 g/mol. The maximum absolute atomic E-state index is 3.42. The van der Waals surface area contributed by atoms with Crippen LogP contribution in [-0.2, 0) is 0 Å². The van der Waals surface area contributed by atoms with Crippen molar-refractivity contribution in [2.45, 2.75) is 33.1 Å². The van der Waals surface area contributed by atoms with E-state index in [-0.39, 0.29) is 0 Å². The Balaban J connectivity index is 2.92. The quantitative estimate of drug-likeness (QED) is 0.581. The molecule has 0 nitrogen and oxygen atoms in total. The Morgan fingerprint density at radius 3 is 2.38 bits per heavy atom. The van der Waals surface area contributed by atoms with Crippen LogP contribution in [0.5, 0.6) is 0 Å². The molecule has 0 saturated carbocycles. The molecule has 0 aliphatic rings. The molecule has 0 heterocycles. The standard InChI is InChI=1S/C7H15Br/c1-3-4-7(2)5-6-8/h7H,3-6H2,1-2H3/t7-/m1/s1. The highest BCUT2D eigenvalue weighted by Gasteiger charge is 1.96. The van der Waals surface area contributed by atoms with Gasteiger partial charge in [-0.15, -0.1) is 0 Å². The Hall–Kier alpha value is 0.480. The average molecular weight is 179 g/mol. The summed E-state index contributed by atoms with van der Waals surface area (Å²) in [5, 5.41) is 1.16. The van der Waals surface area contributed by atoms with Crippen molar-refractivity contribution in [2.24, 2.45) is 5.92 Å². The maximum Gasteiger partial charge on any atom is 0.00338 e. The van der Waals surface area contributed by atoms with Gasteiger partial charge in [-0.05, 0) is 12.3 Å². The molecule has 0 radical (unpaired) electrons. The van der Waals surface area contributed by atoms with E-state index >= 15 is 0 Å². The molecular formula is C7H15Br. The van der Waals surface area contributed by atoms with Crippen LogP contribution in [0.1, 0.15) is 33.1 Å². The van der Waals surface area contributed by atoms with Gasteiger partial charge in [-0.2, -0.15) is 0 Å². The van der Waals surface area contributed by atoms with Crippen molar-refractivity contribution < 1.29 is 0 Å². The number of alkyl halides is 1. The van der Waals surface area contributed by atoms with Gasteiger partial charge in [0.15, 0.2) is 0 Å². The van der Waals surface area contributed by atoms with Crippen LogP contribution in [0.15, 0.2) is 0 Å². The van der Waals surface area contributed by atoms with Crippen LogP contribution in [0.3, 0.4) is 0 Å². The largest absolute Gasteiger partial charge is 0.0928 e. The van der Waals surface area contributed by atoms with Crippen molar-refractivity contribution in [3.8, 4) is 0 Å². The van der Waals surface area contributed by atoms with E-state index in [4.69, 9.17) is 0 Å². The second-order valence-electron chi connectivity index (χ2n) is 2.37. The molecule has 0 saturated heterocycles. The molecule has 0 rings (SSSR count). The molecule has 0 amide bonds. The highest BCUT2D eigenvalue weighted by atomic mass is 79.9. The van der Waals surface area contributed by atoms with Crippen molar-refractivity contribution in [1.29, 1.82) is 0 Å². The summed E-state index contributed by atoms with van der Waals surface area (Å²) in [6, 6.07) is 0. The van der Waals surface area contributed by atoms with Gasteiger partial charge >= 0.3 is 0 Å². The summed E-state index contributed by atoms with van der Waals surface area (Å²) in [4.78, 5) is 0. The lowest BCUT2D eigenvalue weighted by atomic mass is 10.0. The van der Waals surface area contributed by atoms with Gasteiger partial charge in [-0.1, -0.05) is 42.6 Å². The number of halogens is 1. The molecule has 0 unspecified atom stereocenters. The Morgan fingerprint density at radius 2 is 2.00 bits per heavy atom. The average Bonchev–Trinajstić information content (AvgIpc) is 1.68. The summed E-state index contributed by atoms with van der Waals surface area (Å²) >= 11 is 3.42. The van der Waals surface area contributed by atoms with E-state index in [1.165, 1.54) is 19.3 Å². The zero-order valence-corrected chi connectivity index (χ0v) is 7.37. The Bertz CT molecular complexity index is 37.7. The zero-order valence-electron chi connectivity index (χ0n) is 5.78. The van der Waals surface area contributed by atoms with Crippen molar-refractivity contribution in [1.82, 2.24) is 0 Å². The van der Waals surface area contributed by atoms with Crippen LogP contribution in [0.25, 0.3) is 0 Å². The summed E-state index contributed by atoms with van der Waals surface area (Å²) < 4.78 is 0. The zero-order chi connectivity index (χ0) is 6.41. The molecule has 0 aromatic carbocycles. The summed E-state index contributed by atoms with van der Waals surface area (Å²) in [7, 11) is 0. The normalized spacial score (nSPS) is 13.9. The van der Waals surface area contributed by atoms with Crippen molar-refractivity contribution in [2.75, 3.05) is 5.33 Å². The molecule has 0 fully saturated rings. The summed E-state index contributed by atoms with van der Waals surface area (Å²) in [6.45, 7) is 4.55. The first-order chi connectivity index (χ1) is 3.81. The highest BCUT2D eigenvalue weighted by molar-refractivity contribution is 9.09. The van der Waals surface area contributed by atoms with E-state index in [0.29, 0.717) is 0 Å². The van der Waals surface area contributed by atoms with Crippen LogP contribution in [0.2, 0.25) is 0 Å². The van der Waals surface area contributed by atoms with E-state index in [1.54, 1.807) is 0 Å². The summed E-state index contributed by atoms with van der Waals surface area (Å²) in [6.07, 6.45) is 4.04. The molecule has 0 bridgehead atoms. The molecule has 8 heavy (non-hydrogen) atoms. The molecule has 0 N–H and O–H groups in total. The van der Waals surface area contributed by atoms with E-state index in [2.05, 4.69) is 29.8 Å². The minimum Gasteiger partial charge on any atom is -0.0928 e. The highest BCUT2D eigenvalue weighted by Crippen LogP contribution is 2.10. The molecule has 50 valence electrons. The predicted octanol–water partition coefficient (Wildman–Crippen LogP) is 3.21. The van der Waals surface area contributed by atoms with Gasteiger partial charge in [-0.25, -0.2) is 0 Å². The number of hydrogen-bond acceptors (Lipinski definition) is 0. The van der Waals surface area contributed by atoms with E-state index in [9.17, 15) is 0 Å². The SMILES string of the molecule is CCC[C@@H](C)CCBr. The van der Waals surface area contributed by atoms with Gasteiger partial charge in [0.25, 0.3) is 0 Å². The van der Waals surface area contributed by atoms with E-state index in [1.807, 2.05) is 0 Å². The lowest BCUT2D eigenvalue weighted by Gasteiger charge is -2.04. The fourth-order valence-corrected chi connectivity index (χ4v) is 1.60. The van der Waals surface area contributed by atoms with Crippen molar-refractivity contribution >= 4 is 15.9 Å². The Morgan fingerprint density at radius 1 is 1.38 bits per heavy atom. The summed E-state index contributed by atoms with van der Waals surface area (Å²) in [5.74, 6) is 0.916. The molecule has 0 aromatic rings. The lowest BCUT2D eigenvalue weighted by Crippen LogP contribution is -1.93. The second kappa shape index (κ2) is 5.61. The van der Waals surface area contributed by atoms with Crippen LogP contribution < -0.4 is 0 Å². The van der Waals surface area contributed by atoms with E-state index < -0.39 is 0 Å². The molecule has 0 aliphatic heterocycles. The Labute approximate surface area is 60.8 Å². The van der Waals surface area contributed by atoms with Crippen LogP contribution in [-0.4, -0.2) is 5.33 Å². The van der Waals surface area contributed by atoms with Crippen molar-refractivity contribution in [3.63, 3.8) is 0 Å². The van der Waals surface area contributed by atoms with Gasteiger partial charge in [0.2, 0.25) is 0 Å². The van der Waals surface area contributed by atoms with Gasteiger partial charge < -0.3 is 0 Å². The molecule has 0 aliphatic carbocycles. The molecule has 1 atom stereocenters. The topological polar surface area (TPSA) is 0 Å². The maximum atomic E-state index is 3.42. The first-order valence-corrected chi connectivity index (χ1v) is 4.49. The van der Waals surface area contributed by atoms with Gasteiger partial charge in [0, 0.05) is 5.33 Å². The van der Waals surface area contributed by atoms with Crippen LogP contribution in [0.4, 0.5) is 0 Å². The monoisotopic (exact) mass is 178 g/mol. The van der Waals surface area contributed by atoms with E-state index in [0.717, 1.165) is 11.2 Å². The first kappa shape index (κ1) is 8.48. The second-order valence-corrected chi connectivity index (χ2v) is 3.16. The number of hydrogen-bond donors (Lipinski definition) is 0. The molecule has 1 heteroatoms. The van der Waals surface area contributed by atoms with Crippen LogP contribution in [0, 0.1) is 5.92 Å². The van der Waals surface area contributed by atoms with Gasteiger partial charge in [-0.3, -0.25) is 0 Å². The van der Waals surface area contributed by atoms with Crippen LogP contribution >= 0.6 is 15.9 Å². The van der Waals surface area contributed by atoms with Gasteiger partial charge in [0.1, 0.15) is 0 Å². The lowest BCUT2D eigenvalue weighted by molar-refractivity contribution is 0.514. The summed E-state index contributed by atoms with van der Waals surface area (Å²) in [5.41, 5.74) is 0. The minimum absolute atomic E-state index is 0.916. The van der Waals surface area contributed by atoms with Gasteiger partial charge in [0.05, 0.1) is 0 Å². The smallest absolute Gasteiger partial charge is 0.00338 e. The Kier molecular flexibility index (Phi) is 5.95. The third-order valence-electron chi connectivity index (χ3n) is 1.38. The predicted molar refractivity (Wildman–Crippen MR) is 42.5 cm³/mol. The molecule has 0 aromatic heterocycles. The number of rotatable bonds is 4. The first-order valence-electron chi connectivity index (χ1n) is 3.37. The third kappa shape index (κ3) is 4.63.